The first-order valence-electron chi connectivity index (χ1n) is 5.70. The summed E-state index contributed by atoms with van der Waals surface area (Å²) in [5.74, 6) is 0.366. The van der Waals surface area contributed by atoms with Gasteiger partial charge in [-0.05, 0) is 25.3 Å². The van der Waals surface area contributed by atoms with Gasteiger partial charge in [-0.1, -0.05) is 29.8 Å². The van der Waals surface area contributed by atoms with E-state index < -0.39 is 16.8 Å². The standard InChI is InChI=1S/C13H18O3S/c1-11-5-4-6-12(9-11)10-17(16)8-3-2-7-13(14)15/h4-6,9H,2-3,7-8,10H2,1H3,(H,14,15). The SMILES string of the molecule is Cc1cccc(CS(=O)CCCCC(=O)O)c1. The molecule has 1 aromatic carbocycles. The lowest BCUT2D eigenvalue weighted by Gasteiger charge is -2.03. The van der Waals surface area contributed by atoms with Crippen molar-refractivity contribution < 1.29 is 14.1 Å². The summed E-state index contributed by atoms with van der Waals surface area (Å²) in [4.78, 5) is 10.3. The number of hydrogen-bond acceptors (Lipinski definition) is 2. The first-order valence-corrected chi connectivity index (χ1v) is 7.19. The van der Waals surface area contributed by atoms with Crippen molar-refractivity contribution in [2.75, 3.05) is 5.75 Å². The molecule has 0 aliphatic carbocycles. The summed E-state index contributed by atoms with van der Waals surface area (Å²) in [6.45, 7) is 2.01. The Hall–Kier alpha value is -1.16. The third kappa shape index (κ3) is 6.22. The van der Waals surface area contributed by atoms with E-state index in [1.54, 1.807) is 0 Å². The molecule has 0 fully saturated rings. The molecule has 1 unspecified atom stereocenters. The van der Waals surface area contributed by atoms with Gasteiger partial charge in [0.2, 0.25) is 0 Å². The van der Waals surface area contributed by atoms with Crippen molar-refractivity contribution in [1.82, 2.24) is 0 Å². The first-order chi connectivity index (χ1) is 8.08. The molecule has 0 spiro atoms. The average molecular weight is 254 g/mol. The molecular weight excluding hydrogens is 236 g/mol. The van der Waals surface area contributed by atoms with Gasteiger partial charge in [0.25, 0.3) is 0 Å². The number of carbonyl (C=O) groups is 1. The Labute approximate surface area is 104 Å². The molecule has 1 atom stereocenters. The molecule has 0 aliphatic rings. The van der Waals surface area contributed by atoms with E-state index in [1.165, 1.54) is 5.56 Å². The summed E-state index contributed by atoms with van der Waals surface area (Å²) in [6.07, 6.45) is 1.49. The predicted octanol–water partition coefficient (Wildman–Crippen LogP) is 2.50. The zero-order chi connectivity index (χ0) is 12.7. The van der Waals surface area contributed by atoms with Gasteiger partial charge in [-0.15, -0.1) is 0 Å². The normalized spacial score (nSPS) is 12.3. The second-order valence-corrected chi connectivity index (χ2v) is 5.70. The van der Waals surface area contributed by atoms with E-state index in [2.05, 4.69) is 0 Å². The summed E-state index contributed by atoms with van der Waals surface area (Å²) in [7, 11) is -0.887. The van der Waals surface area contributed by atoms with Crippen LogP contribution in [-0.2, 0) is 21.3 Å². The van der Waals surface area contributed by atoms with Crippen LogP contribution in [0.1, 0.15) is 30.4 Å². The number of aliphatic carboxylic acids is 1. The zero-order valence-corrected chi connectivity index (χ0v) is 10.8. The van der Waals surface area contributed by atoms with Gasteiger partial charge in [0.1, 0.15) is 0 Å². The molecule has 4 heteroatoms. The maximum Gasteiger partial charge on any atom is 0.303 e. The highest BCUT2D eigenvalue weighted by molar-refractivity contribution is 7.84. The van der Waals surface area contributed by atoms with Crippen LogP contribution in [0.4, 0.5) is 0 Å². The number of carboxylic acid groups (broad SMARTS) is 1. The first kappa shape index (κ1) is 13.9. The Bertz CT molecular complexity index is 401. The van der Waals surface area contributed by atoms with E-state index in [9.17, 15) is 9.00 Å². The molecule has 0 bridgehead atoms. The maximum atomic E-state index is 11.7. The van der Waals surface area contributed by atoms with Crippen molar-refractivity contribution in [3.8, 4) is 0 Å². The molecule has 0 amide bonds. The molecule has 0 saturated carbocycles. The maximum absolute atomic E-state index is 11.7. The van der Waals surface area contributed by atoms with E-state index in [1.807, 2.05) is 31.2 Å². The zero-order valence-electron chi connectivity index (χ0n) is 10.0. The smallest absolute Gasteiger partial charge is 0.303 e. The van der Waals surface area contributed by atoms with Crippen molar-refractivity contribution in [1.29, 1.82) is 0 Å². The van der Waals surface area contributed by atoms with Crippen LogP contribution >= 0.6 is 0 Å². The van der Waals surface area contributed by atoms with Gasteiger partial charge in [-0.3, -0.25) is 9.00 Å². The minimum Gasteiger partial charge on any atom is -0.481 e. The molecule has 1 rings (SSSR count). The Balaban J connectivity index is 2.27. The lowest BCUT2D eigenvalue weighted by molar-refractivity contribution is -0.137. The predicted molar refractivity (Wildman–Crippen MR) is 69.4 cm³/mol. The number of hydrogen-bond donors (Lipinski definition) is 1. The fourth-order valence-electron chi connectivity index (χ4n) is 1.60. The van der Waals surface area contributed by atoms with Gasteiger partial charge in [-0.25, -0.2) is 0 Å². The van der Waals surface area contributed by atoms with Gasteiger partial charge in [0, 0.05) is 28.7 Å². The van der Waals surface area contributed by atoms with Crippen LogP contribution in [0.2, 0.25) is 0 Å². The van der Waals surface area contributed by atoms with Crippen molar-refractivity contribution >= 4 is 16.8 Å². The summed E-state index contributed by atoms with van der Waals surface area (Å²) in [6, 6.07) is 7.99. The third-order valence-corrected chi connectivity index (χ3v) is 3.82. The van der Waals surface area contributed by atoms with Crippen molar-refractivity contribution in [3.63, 3.8) is 0 Å². The highest BCUT2D eigenvalue weighted by Crippen LogP contribution is 2.08. The van der Waals surface area contributed by atoms with Crippen LogP contribution < -0.4 is 0 Å². The molecular formula is C13H18O3S. The second-order valence-electron chi connectivity index (χ2n) is 4.13. The van der Waals surface area contributed by atoms with Gasteiger partial charge < -0.3 is 5.11 Å². The van der Waals surface area contributed by atoms with Crippen LogP contribution in [0.25, 0.3) is 0 Å². The molecule has 1 N–H and O–H groups in total. The van der Waals surface area contributed by atoms with E-state index in [0.29, 0.717) is 24.3 Å². The Kier molecular flexibility index (Phi) is 5.91. The van der Waals surface area contributed by atoms with Crippen LogP contribution in [-0.4, -0.2) is 21.0 Å². The number of unbranched alkanes of at least 4 members (excludes halogenated alkanes) is 1. The molecule has 0 aliphatic heterocycles. The lowest BCUT2D eigenvalue weighted by Crippen LogP contribution is -2.02. The molecule has 17 heavy (non-hydrogen) atoms. The van der Waals surface area contributed by atoms with Gasteiger partial charge in [0.05, 0.1) is 0 Å². The van der Waals surface area contributed by atoms with E-state index in [-0.39, 0.29) is 6.42 Å². The molecule has 94 valence electrons. The van der Waals surface area contributed by atoms with E-state index >= 15 is 0 Å². The summed E-state index contributed by atoms with van der Waals surface area (Å²) >= 11 is 0. The summed E-state index contributed by atoms with van der Waals surface area (Å²) < 4.78 is 11.7. The molecule has 0 aromatic heterocycles. The van der Waals surface area contributed by atoms with Gasteiger partial charge in [0.15, 0.2) is 0 Å². The van der Waals surface area contributed by atoms with Crippen LogP contribution in [0, 0.1) is 6.92 Å². The fourth-order valence-corrected chi connectivity index (χ4v) is 2.82. The van der Waals surface area contributed by atoms with Crippen LogP contribution in [0.5, 0.6) is 0 Å². The third-order valence-electron chi connectivity index (χ3n) is 2.42. The molecule has 0 saturated heterocycles. The molecule has 0 heterocycles. The molecule has 0 radical (unpaired) electrons. The summed E-state index contributed by atoms with van der Waals surface area (Å²) in [5.41, 5.74) is 2.26. The highest BCUT2D eigenvalue weighted by atomic mass is 32.2. The minimum atomic E-state index is -0.887. The van der Waals surface area contributed by atoms with Gasteiger partial charge >= 0.3 is 5.97 Å². The van der Waals surface area contributed by atoms with E-state index in [0.717, 1.165) is 5.56 Å². The lowest BCUT2D eigenvalue weighted by atomic mass is 10.2. The van der Waals surface area contributed by atoms with Crippen LogP contribution in [0.15, 0.2) is 24.3 Å². The highest BCUT2D eigenvalue weighted by Gasteiger charge is 2.03. The van der Waals surface area contributed by atoms with Gasteiger partial charge in [-0.2, -0.15) is 0 Å². The van der Waals surface area contributed by atoms with Crippen molar-refractivity contribution in [3.05, 3.63) is 35.4 Å². The number of carboxylic acids is 1. The Morgan fingerprint density at radius 1 is 1.35 bits per heavy atom. The quantitative estimate of drug-likeness (QED) is 0.761. The number of aryl methyl sites for hydroxylation is 1. The summed E-state index contributed by atoms with van der Waals surface area (Å²) in [5, 5.41) is 8.47. The second kappa shape index (κ2) is 7.22. The molecule has 3 nitrogen and oxygen atoms in total. The monoisotopic (exact) mass is 254 g/mol. The topological polar surface area (TPSA) is 54.4 Å². The van der Waals surface area contributed by atoms with Crippen LogP contribution in [0.3, 0.4) is 0 Å². The largest absolute Gasteiger partial charge is 0.481 e. The molecule has 1 aromatic rings. The van der Waals surface area contributed by atoms with E-state index in [4.69, 9.17) is 5.11 Å². The Morgan fingerprint density at radius 2 is 2.12 bits per heavy atom. The number of rotatable bonds is 7. The number of benzene rings is 1. The Morgan fingerprint density at radius 3 is 2.76 bits per heavy atom. The van der Waals surface area contributed by atoms with Crippen molar-refractivity contribution in [2.24, 2.45) is 0 Å². The van der Waals surface area contributed by atoms with Crippen molar-refractivity contribution in [2.45, 2.75) is 31.9 Å². The fraction of sp³-hybridized carbons (Fsp3) is 0.462. The minimum absolute atomic E-state index is 0.168. The average Bonchev–Trinajstić information content (AvgIpc) is 2.24.